The number of hydrogen-bond acceptors (Lipinski definition) is 1. The summed E-state index contributed by atoms with van der Waals surface area (Å²) in [5, 5.41) is 0. The van der Waals surface area contributed by atoms with Crippen LogP contribution in [-0.4, -0.2) is 11.7 Å². The van der Waals surface area contributed by atoms with Gasteiger partial charge in [-0.15, -0.1) is 6.58 Å². The van der Waals surface area contributed by atoms with Crippen molar-refractivity contribution in [2.45, 2.75) is 51.2 Å². The van der Waals surface area contributed by atoms with Crippen molar-refractivity contribution >= 4 is 0 Å². The average Bonchev–Trinajstić information content (AvgIpc) is 2.02. The number of fused-ring (bicyclic) bond motifs is 3. The Morgan fingerprint density at radius 3 is 2.92 bits per heavy atom. The second kappa shape index (κ2) is 3.13. The first-order valence-electron chi connectivity index (χ1n) is 5.43. The monoisotopic (exact) mass is 180 g/mol. The van der Waals surface area contributed by atoms with Crippen molar-refractivity contribution in [3.05, 3.63) is 12.7 Å². The van der Waals surface area contributed by atoms with E-state index in [1.165, 1.54) is 19.3 Å². The van der Waals surface area contributed by atoms with Gasteiger partial charge < -0.3 is 4.74 Å². The van der Waals surface area contributed by atoms with Gasteiger partial charge in [0.05, 0.1) is 11.7 Å². The molecule has 3 aliphatic rings. The second-order valence-electron chi connectivity index (χ2n) is 5.01. The predicted octanol–water partition coefficient (Wildman–Crippen LogP) is 3.16. The van der Waals surface area contributed by atoms with Crippen LogP contribution in [0.3, 0.4) is 0 Å². The fourth-order valence-corrected chi connectivity index (χ4v) is 3.19. The molecule has 2 heterocycles. The third kappa shape index (κ3) is 1.54. The highest BCUT2D eigenvalue weighted by Gasteiger charge is 2.46. The molecule has 0 aromatic heterocycles. The summed E-state index contributed by atoms with van der Waals surface area (Å²) in [4.78, 5) is 0. The summed E-state index contributed by atoms with van der Waals surface area (Å²) in [6.07, 6.45) is 7.36. The standard InChI is InChI=1S/C12H20O/c1-4-5-11-10-6-7-12(3,13-11)8-9(10)2/h4,9-11H,1,5-8H2,2-3H3/t9-,10-,11-,12+/m1/s1. The van der Waals surface area contributed by atoms with Gasteiger partial charge in [-0.3, -0.25) is 0 Å². The molecule has 1 nitrogen and oxygen atoms in total. The van der Waals surface area contributed by atoms with E-state index >= 15 is 0 Å². The van der Waals surface area contributed by atoms with Gasteiger partial charge in [0.15, 0.2) is 0 Å². The van der Waals surface area contributed by atoms with Crippen molar-refractivity contribution in [3.8, 4) is 0 Å². The summed E-state index contributed by atoms with van der Waals surface area (Å²) in [6, 6.07) is 0. The number of rotatable bonds is 2. The highest BCUT2D eigenvalue weighted by molar-refractivity contribution is 4.98. The summed E-state index contributed by atoms with van der Waals surface area (Å²) in [6.45, 7) is 8.45. The molecule has 0 spiro atoms. The molecule has 2 saturated heterocycles. The van der Waals surface area contributed by atoms with Crippen LogP contribution in [0, 0.1) is 11.8 Å². The molecule has 4 atom stereocenters. The van der Waals surface area contributed by atoms with Crippen LogP contribution in [0.25, 0.3) is 0 Å². The maximum Gasteiger partial charge on any atom is 0.0661 e. The zero-order chi connectivity index (χ0) is 9.47. The van der Waals surface area contributed by atoms with Crippen molar-refractivity contribution in [2.75, 3.05) is 0 Å². The maximum absolute atomic E-state index is 6.11. The Labute approximate surface area is 81.2 Å². The van der Waals surface area contributed by atoms with E-state index in [-0.39, 0.29) is 5.60 Å². The van der Waals surface area contributed by atoms with E-state index in [2.05, 4.69) is 20.4 Å². The molecule has 2 aliphatic heterocycles. The Morgan fingerprint density at radius 1 is 1.62 bits per heavy atom. The van der Waals surface area contributed by atoms with Crippen molar-refractivity contribution < 1.29 is 4.74 Å². The van der Waals surface area contributed by atoms with E-state index in [1.807, 2.05) is 6.08 Å². The quantitative estimate of drug-likeness (QED) is 0.593. The van der Waals surface area contributed by atoms with E-state index in [0.29, 0.717) is 6.10 Å². The second-order valence-corrected chi connectivity index (χ2v) is 5.01. The SMILES string of the molecule is C=CC[C@H]1O[C@@]2(C)CC[C@@H]1[C@H](C)C2. The Morgan fingerprint density at radius 2 is 2.38 bits per heavy atom. The minimum atomic E-state index is 0.182. The lowest BCUT2D eigenvalue weighted by molar-refractivity contribution is -0.202. The van der Waals surface area contributed by atoms with E-state index < -0.39 is 0 Å². The molecule has 3 fully saturated rings. The molecule has 2 bridgehead atoms. The number of ether oxygens (including phenoxy) is 1. The van der Waals surface area contributed by atoms with Gasteiger partial charge in [-0.25, -0.2) is 0 Å². The van der Waals surface area contributed by atoms with Gasteiger partial charge in [0.25, 0.3) is 0 Å². The van der Waals surface area contributed by atoms with Gasteiger partial charge in [-0.05, 0) is 44.4 Å². The minimum absolute atomic E-state index is 0.182. The molecule has 1 heteroatoms. The summed E-state index contributed by atoms with van der Waals surface area (Å²) < 4.78 is 6.11. The zero-order valence-corrected chi connectivity index (χ0v) is 8.75. The third-order valence-corrected chi connectivity index (χ3v) is 3.80. The van der Waals surface area contributed by atoms with Crippen LogP contribution in [0.5, 0.6) is 0 Å². The number of hydrogen-bond donors (Lipinski definition) is 0. The minimum Gasteiger partial charge on any atom is -0.371 e. The molecule has 0 aromatic carbocycles. The first-order chi connectivity index (χ1) is 6.14. The normalized spacial score (nSPS) is 49.2. The van der Waals surface area contributed by atoms with Crippen molar-refractivity contribution in [2.24, 2.45) is 11.8 Å². The zero-order valence-electron chi connectivity index (χ0n) is 8.75. The molecule has 1 saturated carbocycles. The van der Waals surface area contributed by atoms with Crippen LogP contribution in [0.2, 0.25) is 0 Å². The van der Waals surface area contributed by atoms with E-state index in [0.717, 1.165) is 18.3 Å². The fourth-order valence-electron chi connectivity index (χ4n) is 3.19. The first kappa shape index (κ1) is 9.26. The molecule has 0 aromatic rings. The van der Waals surface area contributed by atoms with E-state index in [9.17, 15) is 0 Å². The van der Waals surface area contributed by atoms with E-state index in [1.54, 1.807) is 0 Å². The van der Waals surface area contributed by atoms with Crippen LogP contribution in [0.15, 0.2) is 12.7 Å². The van der Waals surface area contributed by atoms with Crippen LogP contribution < -0.4 is 0 Å². The highest BCUT2D eigenvalue weighted by Crippen LogP contribution is 2.48. The van der Waals surface area contributed by atoms with Crippen LogP contribution >= 0.6 is 0 Å². The van der Waals surface area contributed by atoms with Gasteiger partial charge in [-0.2, -0.15) is 0 Å². The molecule has 0 amide bonds. The Hall–Kier alpha value is -0.300. The van der Waals surface area contributed by atoms with Gasteiger partial charge in [-0.1, -0.05) is 13.0 Å². The third-order valence-electron chi connectivity index (χ3n) is 3.80. The largest absolute Gasteiger partial charge is 0.371 e. The summed E-state index contributed by atoms with van der Waals surface area (Å²) in [5.74, 6) is 1.64. The lowest BCUT2D eigenvalue weighted by Gasteiger charge is -2.52. The molecular formula is C12H20O. The molecule has 3 rings (SSSR count). The topological polar surface area (TPSA) is 9.23 Å². The lowest BCUT2D eigenvalue weighted by Crippen LogP contribution is -2.52. The lowest BCUT2D eigenvalue weighted by atomic mass is 9.67. The van der Waals surface area contributed by atoms with Gasteiger partial charge >= 0.3 is 0 Å². The highest BCUT2D eigenvalue weighted by atomic mass is 16.5. The summed E-state index contributed by atoms with van der Waals surface area (Å²) in [7, 11) is 0. The smallest absolute Gasteiger partial charge is 0.0661 e. The van der Waals surface area contributed by atoms with Crippen molar-refractivity contribution in [3.63, 3.8) is 0 Å². The van der Waals surface area contributed by atoms with Crippen LogP contribution in [0.4, 0.5) is 0 Å². The molecule has 74 valence electrons. The van der Waals surface area contributed by atoms with E-state index in [4.69, 9.17) is 4.74 Å². The Bertz CT molecular complexity index is 211. The maximum atomic E-state index is 6.11. The van der Waals surface area contributed by atoms with Crippen LogP contribution in [0.1, 0.15) is 39.5 Å². The van der Waals surface area contributed by atoms with Gasteiger partial charge in [0, 0.05) is 0 Å². The fraction of sp³-hybridized carbons (Fsp3) is 0.833. The van der Waals surface area contributed by atoms with Crippen molar-refractivity contribution in [1.82, 2.24) is 0 Å². The molecular weight excluding hydrogens is 160 g/mol. The van der Waals surface area contributed by atoms with Gasteiger partial charge in [0.1, 0.15) is 0 Å². The summed E-state index contributed by atoms with van der Waals surface area (Å²) in [5.41, 5.74) is 0.182. The molecule has 0 N–H and O–H groups in total. The molecule has 13 heavy (non-hydrogen) atoms. The predicted molar refractivity (Wildman–Crippen MR) is 54.6 cm³/mol. The molecule has 0 radical (unpaired) electrons. The van der Waals surface area contributed by atoms with Crippen LogP contribution in [-0.2, 0) is 4.74 Å². The van der Waals surface area contributed by atoms with Crippen molar-refractivity contribution in [1.29, 1.82) is 0 Å². The van der Waals surface area contributed by atoms with Gasteiger partial charge in [0.2, 0.25) is 0 Å². The summed E-state index contributed by atoms with van der Waals surface area (Å²) >= 11 is 0. The average molecular weight is 180 g/mol. The molecule has 0 unspecified atom stereocenters. The molecule has 1 aliphatic carbocycles. The Balaban J connectivity index is 2.12. The Kier molecular flexibility index (Phi) is 2.23. The first-order valence-corrected chi connectivity index (χ1v) is 5.43.